The van der Waals surface area contributed by atoms with Crippen LogP contribution in [0.1, 0.15) is 21.5 Å². The molecule has 0 saturated carbocycles. The lowest BCUT2D eigenvalue weighted by molar-refractivity contribution is -0.142. The zero-order valence-corrected chi connectivity index (χ0v) is 14.1. The molecule has 2 aromatic rings. The first-order chi connectivity index (χ1) is 11.5. The normalized spacial score (nSPS) is 10.6. The molecule has 5 nitrogen and oxygen atoms in total. The third-order valence-corrected chi connectivity index (χ3v) is 3.77. The number of primary amides is 1. The molecule has 24 heavy (non-hydrogen) atoms. The molecule has 0 aliphatic heterocycles. The first-order valence-corrected chi connectivity index (χ1v) is 7.78. The standard InChI is InChI=1S/C18H19ClN2O3/c1-24-17(22)12-21(10-13-5-7-16(19)8-6-13)11-14-3-2-4-15(9-14)18(20)23/h2-9H,10-12H2,1H3,(H2,20,23). The highest BCUT2D eigenvalue weighted by molar-refractivity contribution is 6.30. The molecule has 0 atom stereocenters. The predicted molar refractivity (Wildman–Crippen MR) is 92.5 cm³/mol. The molecule has 0 aliphatic rings. The fourth-order valence-electron chi connectivity index (χ4n) is 2.34. The quantitative estimate of drug-likeness (QED) is 0.782. The summed E-state index contributed by atoms with van der Waals surface area (Å²) in [4.78, 5) is 24.9. The van der Waals surface area contributed by atoms with Gasteiger partial charge in [-0.05, 0) is 35.4 Å². The summed E-state index contributed by atoms with van der Waals surface area (Å²) in [7, 11) is 1.36. The average molecular weight is 347 g/mol. The number of hydrogen-bond donors (Lipinski definition) is 1. The van der Waals surface area contributed by atoms with Crippen LogP contribution in [0.25, 0.3) is 0 Å². The van der Waals surface area contributed by atoms with Gasteiger partial charge in [0.25, 0.3) is 0 Å². The van der Waals surface area contributed by atoms with Gasteiger partial charge in [0.2, 0.25) is 5.91 Å². The smallest absolute Gasteiger partial charge is 0.319 e. The van der Waals surface area contributed by atoms with Crippen LogP contribution < -0.4 is 5.73 Å². The molecule has 2 rings (SSSR count). The summed E-state index contributed by atoms with van der Waals surface area (Å²) in [5.74, 6) is -0.802. The molecular formula is C18H19ClN2O3. The zero-order valence-electron chi connectivity index (χ0n) is 13.4. The van der Waals surface area contributed by atoms with Crippen molar-refractivity contribution in [1.29, 1.82) is 0 Å². The monoisotopic (exact) mass is 346 g/mol. The molecule has 0 saturated heterocycles. The number of rotatable bonds is 7. The molecule has 1 amide bonds. The van der Waals surface area contributed by atoms with Crippen molar-refractivity contribution in [1.82, 2.24) is 4.90 Å². The molecule has 0 unspecified atom stereocenters. The van der Waals surface area contributed by atoms with Gasteiger partial charge in [0.15, 0.2) is 0 Å². The van der Waals surface area contributed by atoms with Crippen LogP contribution in [0.2, 0.25) is 5.02 Å². The maximum absolute atomic E-state index is 11.7. The van der Waals surface area contributed by atoms with Crippen molar-refractivity contribution in [3.8, 4) is 0 Å². The highest BCUT2D eigenvalue weighted by Gasteiger charge is 2.13. The van der Waals surface area contributed by atoms with Crippen LogP contribution in [0.5, 0.6) is 0 Å². The number of halogens is 1. The molecule has 126 valence electrons. The SMILES string of the molecule is COC(=O)CN(Cc1ccc(Cl)cc1)Cc1cccc(C(N)=O)c1. The molecule has 0 fully saturated rings. The maximum atomic E-state index is 11.7. The lowest BCUT2D eigenvalue weighted by atomic mass is 10.1. The van der Waals surface area contributed by atoms with Crippen LogP contribution in [0.3, 0.4) is 0 Å². The minimum absolute atomic E-state index is 0.139. The van der Waals surface area contributed by atoms with Crippen LogP contribution in [0.15, 0.2) is 48.5 Å². The van der Waals surface area contributed by atoms with E-state index in [0.29, 0.717) is 23.7 Å². The number of nitrogens with zero attached hydrogens (tertiary/aromatic N) is 1. The van der Waals surface area contributed by atoms with Crippen molar-refractivity contribution in [3.63, 3.8) is 0 Å². The minimum Gasteiger partial charge on any atom is -0.468 e. The Hall–Kier alpha value is -2.37. The van der Waals surface area contributed by atoms with Crippen LogP contribution in [0.4, 0.5) is 0 Å². The first kappa shape index (κ1) is 18.0. The summed E-state index contributed by atoms with van der Waals surface area (Å²) in [6, 6.07) is 14.5. The van der Waals surface area contributed by atoms with Gasteiger partial charge >= 0.3 is 5.97 Å². The van der Waals surface area contributed by atoms with Gasteiger partial charge in [0.05, 0.1) is 13.7 Å². The fourth-order valence-corrected chi connectivity index (χ4v) is 2.47. The van der Waals surface area contributed by atoms with E-state index in [1.165, 1.54) is 7.11 Å². The van der Waals surface area contributed by atoms with E-state index in [1.807, 2.05) is 23.1 Å². The third-order valence-electron chi connectivity index (χ3n) is 3.52. The summed E-state index contributed by atoms with van der Waals surface area (Å²) < 4.78 is 4.76. The molecule has 0 aromatic heterocycles. The van der Waals surface area contributed by atoms with Crippen LogP contribution >= 0.6 is 11.6 Å². The van der Waals surface area contributed by atoms with E-state index >= 15 is 0 Å². The number of esters is 1. The molecule has 0 spiro atoms. The summed E-state index contributed by atoms with van der Waals surface area (Å²) in [6.07, 6.45) is 0. The number of nitrogens with two attached hydrogens (primary N) is 1. The molecule has 0 heterocycles. The second-order valence-electron chi connectivity index (χ2n) is 5.41. The fraction of sp³-hybridized carbons (Fsp3) is 0.222. The van der Waals surface area contributed by atoms with E-state index in [4.69, 9.17) is 22.1 Å². The summed E-state index contributed by atoms with van der Waals surface area (Å²) in [5, 5.41) is 0.660. The first-order valence-electron chi connectivity index (χ1n) is 7.40. The largest absolute Gasteiger partial charge is 0.468 e. The van der Waals surface area contributed by atoms with Crippen molar-refractivity contribution >= 4 is 23.5 Å². The molecule has 6 heteroatoms. The topological polar surface area (TPSA) is 72.6 Å². The number of methoxy groups -OCH3 is 1. The van der Waals surface area contributed by atoms with Crippen LogP contribution in [0, 0.1) is 0 Å². The average Bonchev–Trinajstić information content (AvgIpc) is 2.57. The Morgan fingerprint density at radius 1 is 1.08 bits per heavy atom. The molecule has 0 radical (unpaired) electrons. The summed E-state index contributed by atoms with van der Waals surface area (Å²) in [6.45, 7) is 1.17. The molecule has 2 aromatic carbocycles. The van der Waals surface area contributed by atoms with Gasteiger partial charge in [-0.25, -0.2) is 0 Å². The van der Waals surface area contributed by atoms with E-state index in [-0.39, 0.29) is 12.5 Å². The highest BCUT2D eigenvalue weighted by Crippen LogP contribution is 2.14. The van der Waals surface area contributed by atoms with Crippen molar-refractivity contribution in [2.24, 2.45) is 5.73 Å². The predicted octanol–water partition coefficient (Wildman–Crippen LogP) is 2.61. The Labute approximate surface area is 146 Å². The minimum atomic E-state index is -0.478. The number of ether oxygens (including phenoxy) is 1. The highest BCUT2D eigenvalue weighted by atomic mass is 35.5. The van der Waals surface area contributed by atoms with E-state index in [1.54, 1.807) is 30.3 Å². The van der Waals surface area contributed by atoms with E-state index in [2.05, 4.69) is 0 Å². The van der Waals surface area contributed by atoms with Gasteiger partial charge < -0.3 is 10.5 Å². The molecule has 0 bridgehead atoms. The second kappa shape index (κ2) is 8.47. The van der Waals surface area contributed by atoms with Gasteiger partial charge in [0, 0.05) is 23.7 Å². The van der Waals surface area contributed by atoms with Gasteiger partial charge in [-0.2, -0.15) is 0 Å². The molecule has 0 aliphatic carbocycles. The maximum Gasteiger partial charge on any atom is 0.319 e. The number of carbonyl (C=O) groups is 2. The van der Waals surface area contributed by atoms with E-state index < -0.39 is 5.91 Å². The third kappa shape index (κ3) is 5.37. The Bertz CT molecular complexity index is 716. The number of amides is 1. The van der Waals surface area contributed by atoms with Crippen molar-refractivity contribution in [3.05, 3.63) is 70.2 Å². The Morgan fingerprint density at radius 3 is 2.38 bits per heavy atom. The van der Waals surface area contributed by atoms with E-state index in [9.17, 15) is 9.59 Å². The Morgan fingerprint density at radius 2 is 1.75 bits per heavy atom. The Balaban J connectivity index is 2.16. The lowest BCUT2D eigenvalue weighted by Gasteiger charge is -2.21. The Kier molecular flexibility index (Phi) is 6.35. The van der Waals surface area contributed by atoms with E-state index in [0.717, 1.165) is 11.1 Å². The second-order valence-corrected chi connectivity index (χ2v) is 5.85. The van der Waals surface area contributed by atoms with Crippen molar-refractivity contribution < 1.29 is 14.3 Å². The van der Waals surface area contributed by atoms with Crippen LogP contribution in [-0.4, -0.2) is 30.4 Å². The molecule has 2 N–H and O–H groups in total. The lowest BCUT2D eigenvalue weighted by Crippen LogP contribution is -2.30. The van der Waals surface area contributed by atoms with Crippen molar-refractivity contribution in [2.45, 2.75) is 13.1 Å². The summed E-state index contributed by atoms with van der Waals surface area (Å²) in [5.41, 5.74) is 7.67. The van der Waals surface area contributed by atoms with Crippen LogP contribution in [-0.2, 0) is 22.6 Å². The number of hydrogen-bond acceptors (Lipinski definition) is 4. The van der Waals surface area contributed by atoms with Gasteiger partial charge in [-0.15, -0.1) is 0 Å². The summed E-state index contributed by atoms with van der Waals surface area (Å²) >= 11 is 5.90. The number of carbonyl (C=O) groups excluding carboxylic acids is 2. The van der Waals surface area contributed by atoms with Crippen molar-refractivity contribution in [2.75, 3.05) is 13.7 Å². The van der Waals surface area contributed by atoms with Gasteiger partial charge in [-0.1, -0.05) is 35.9 Å². The van der Waals surface area contributed by atoms with Gasteiger partial charge in [-0.3, -0.25) is 14.5 Å². The number of benzene rings is 2. The molecular weight excluding hydrogens is 328 g/mol. The van der Waals surface area contributed by atoms with Gasteiger partial charge in [0.1, 0.15) is 0 Å². The zero-order chi connectivity index (χ0) is 17.5.